The van der Waals surface area contributed by atoms with E-state index in [1.54, 1.807) is 19.1 Å². The monoisotopic (exact) mass is 374 g/mol. The molecule has 0 atom stereocenters. The molecule has 6 nitrogen and oxygen atoms in total. The molecule has 1 aromatic heterocycles. The van der Waals surface area contributed by atoms with Crippen LogP contribution in [-0.4, -0.2) is 9.67 Å². The fraction of sp³-hybridized carbons (Fsp3) is 0.250. The Balaban J connectivity index is 2.58. The maximum atomic E-state index is 12.5. The van der Waals surface area contributed by atoms with Crippen molar-refractivity contribution in [2.75, 3.05) is 0 Å². The first-order chi connectivity index (χ1) is 11.0. The second-order valence-electron chi connectivity index (χ2n) is 4.92. The number of nitriles is 1. The molecule has 0 saturated carbocycles. The molecule has 2 aromatic rings. The molecule has 1 heterocycles. The smallest absolute Gasteiger partial charge is 0.281 e. The van der Waals surface area contributed by atoms with Crippen molar-refractivity contribution in [3.05, 3.63) is 50.2 Å². The van der Waals surface area contributed by atoms with E-state index >= 15 is 0 Å². The zero-order chi connectivity index (χ0) is 17.0. The van der Waals surface area contributed by atoms with Crippen molar-refractivity contribution >= 4 is 27.3 Å². The number of benzene rings is 1. The zero-order valence-electron chi connectivity index (χ0n) is 12.7. The van der Waals surface area contributed by atoms with Crippen LogP contribution in [0, 0.1) is 18.3 Å². The Morgan fingerprint density at radius 2 is 1.96 bits per heavy atom. The second kappa shape index (κ2) is 7.20. The van der Waals surface area contributed by atoms with Crippen molar-refractivity contribution in [2.45, 2.75) is 26.8 Å². The van der Waals surface area contributed by atoms with Crippen LogP contribution < -0.4 is 5.56 Å². The summed E-state index contributed by atoms with van der Waals surface area (Å²) in [7, 11) is 0. The summed E-state index contributed by atoms with van der Waals surface area (Å²) in [4.78, 5) is 12.5. The highest BCUT2D eigenvalue weighted by Gasteiger charge is 2.18. The van der Waals surface area contributed by atoms with Gasteiger partial charge in [-0.1, -0.05) is 22.9 Å². The van der Waals surface area contributed by atoms with Crippen LogP contribution >= 0.6 is 15.9 Å². The third-order valence-corrected chi connectivity index (χ3v) is 3.84. The van der Waals surface area contributed by atoms with Gasteiger partial charge in [-0.3, -0.25) is 9.36 Å². The van der Waals surface area contributed by atoms with Gasteiger partial charge in [0.15, 0.2) is 5.69 Å². The van der Waals surface area contributed by atoms with Crippen LogP contribution in [0.1, 0.15) is 24.5 Å². The van der Waals surface area contributed by atoms with E-state index in [0.717, 1.165) is 9.04 Å². The van der Waals surface area contributed by atoms with Crippen molar-refractivity contribution in [3.8, 4) is 11.9 Å². The number of aromatic nitrogens is 1. The van der Waals surface area contributed by atoms with Crippen LogP contribution in [0.25, 0.3) is 0 Å². The second-order valence-corrected chi connectivity index (χ2v) is 5.83. The number of nitrogens with zero attached hydrogens (tertiary/aromatic N) is 4. The van der Waals surface area contributed by atoms with Crippen LogP contribution in [0.3, 0.4) is 0 Å². The molecule has 1 aromatic carbocycles. The minimum atomic E-state index is -0.457. The predicted molar refractivity (Wildman–Crippen MR) is 90.4 cm³/mol. The lowest BCUT2D eigenvalue weighted by molar-refractivity contribution is 0.402. The topological polar surface area (TPSA) is 90.7 Å². The summed E-state index contributed by atoms with van der Waals surface area (Å²) in [6.07, 6.45) is 0.644. The molecular weight excluding hydrogens is 360 g/mol. The van der Waals surface area contributed by atoms with Crippen molar-refractivity contribution in [1.82, 2.24) is 4.57 Å². The number of hydrogen-bond donors (Lipinski definition) is 1. The van der Waals surface area contributed by atoms with Crippen LogP contribution in [0.5, 0.6) is 5.88 Å². The Morgan fingerprint density at radius 3 is 2.52 bits per heavy atom. The molecule has 0 unspecified atom stereocenters. The van der Waals surface area contributed by atoms with Crippen molar-refractivity contribution in [1.29, 1.82) is 5.26 Å². The summed E-state index contributed by atoms with van der Waals surface area (Å²) in [5.41, 5.74) is 0.559. The average molecular weight is 375 g/mol. The van der Waals surface area contributed by atoms with E-state index in [1.807, 2.05) is 25.1 Å². The molecule has 2 rings (SSSR count). The Labute approximate surface area is 141 Å². The van der Waals surface area contributed by atoms with Gasteiger partial charge in [-0.05, 0) is 37.6 Å². The van der Waals surface area contributed by atoms with E-state index in [-0.39, 0.29) is 17.1 Å². The maximum absolute atomic E-state index is 12.5. The SMILES string of the molecule is CCCn1c(O)c(C#N)c(C)c(N=Nc2ccc(Br)cc2)c1=O. The molecule has 1 N–H and O–H groups in total. The lowest BCUT2D eigenvalue weighted by atomic mass is 10.1. The van der Waals surface area contributed by atoms with Crippen LogP contribution in [0.15, 0.2) is 43.8 Å². The van der Waals surface area contributed by atoms with Gasteiger partial charge in [0.05, 0.1) is 5.69 Å². The van der Waals surface area contributed by atoms with Crippen molar-refractivity contribution < 1.29 is 5.11 Å². The predicted octanol–water partition coefficient (Wildman–Crippen LogP) is 4.32. The Hall–Kier alpha value is -2.46. The molecular formula is C16H15BrN4O2. The Bertz CT molecular complexity index is 848. The van der Waals surface area contributed by atoms with Crippen molar-refractivity contribution in [2.24, 2.45) is 10.2 Å². The number of azo groups is 1. The van der Waals surface area contributed by atoms with Gasteiger partial charge in [-0.25, -0.2) is 0 Å². The fourth-order valence-corrected chi connectivity index (χ4v) is 2.37. The van der Waals surface area contributed by atoms with Gasteiger partial charge in [0, 0.05) is 16.6 Å². The summed E-state index contributed by atoms with van der Waals surface area (Å²) in [6, 6.07) is 9.04. The van der Waals surface area contributed by atoms with E-state index in [2.05, 4.69) is 26.2 Å². The highest BCUT2D eigenvalue weighted by molar-refractivity contribution is 9.10. The zero-order valence-corrected chi connectivity index (χ0v) is 14.3. The molecule has 23 heavy (non-hydrogen) atoms. The average Bonchev–Trinajstić information content (AvgIpc) is 2.53. The lowest BCUT2D eigenvalue weighted by Crippen LogP contribution is -2.21. The van der Waals surface area contributed by atoms with Gasteiger partial charge < -0.3 is 5.11 Å². The highest BCUT2D eigenvalue weighted by atomic mass is 79.9. The molecule has 0 aliphatic carbocycles. The first-order valence-corrected chi connectivity index (χ1v) is 7.82. The fourth-order valence-electron chi connectivity index (χ4n) is 2.10. The van der Waals surface area contributed by atoms with E-state index in [1.165, 1.54) is 0 Å². The van der Waals surface area contributed by atoms with E-state index < -0.39 is 5.56 Å². The van der Waals surface area contributed by atoms with E-state index in [4.69, 9.17) is 0 Å². The number of aromatic hydroxyl groups is 1. The minimum absolute atomic E-state index is 0.0443. The van der Waals surface area contributed by atoms with Gasteiger partial charge in [-0.2, -0.15) is 10.4 Å². The number of halogens is 1. The molecule has 0 aliphatic rings. The van der Waals surface area contributed by atoms with Gasteiger partial charge >= 0.3 is 0 Å². The van der Waals surface area contributed by atoms with Gasteiger partial charge in [0.2, 0.25) is 5.88 Å². The van der Waals surface area contributed by atoms with Crippen LogP contribution in [-0.2, 0) is 6.54 Å². The highest BCUT2D eigenvalue weighted by Crippen LogP contribution is 2.27. The third kappa shape index (κ3) is 3.48. The first-order valence-electron chi connectivity index (χ1n) is 7.03. The molecule has 0 spiro atoms. The number of pyridine rings is 1. The normalized spacial score (nSPS) is 10.9. The van der Waals surface area contributed by atoms with Gasteiger partial charge in [-0.15, -0.1) is 5.11 Å². The Kier molecular flexibility index (Phi) is 5.29. The number of hydrogen-bond acceptors (Lipinski definition) is 5. The van der Waals surface area contributed by atoms with E-state index in [0.29, 0.717) is 24.2 Å². The third-order valence-electron chi connectivity index (χ3n) is 3.31. The minimum Gasteiger partial charge on any atom is -0.493 e. The largest absolute Gasteiger partial charge is 0.493 e. The Morgan fingerprint density at radius 1 is 1.30 bits per heavy atom. The van der Waals surface area contributed by atoms with Crippen molar-refractivity contribution in [3.63, 3.8) is 0 Å². The summed E-state index contributed by atoms with van der Waals surface area (Å²) in [6.45, 7) is 3.76. The summed E-state index contributed by atoms with van der Waals surface area (Å²) in [5, 5.41) is 27.4. The summed E-state index contributed by atoms with van der Waals surface area (Å²) in [5.74, 6) is -0.320. The molecule has 118 valence electrons. The molecule has 0 saturated heterocycles. The number of rotatable bonds is 4. The van der Waals surface area contributed by atoms with Gasteiger partial charge in [0.25, 0.3) is 5.56 Å². The molecule has 0 fully saturated rings. The molecule has 0 aliphatic heterocycles. The molecule has 0 radical (unpaired) electrons. The standard InChI is InChI=1S/C16H15BrN4O2/c1-3-8-21-15(22)13(9-18)10(2)14(16(21)23)20-19-12-6-4-11(17)5-7-12/h4-7,22H,3,8H2,1-2H3. The molecule has 7 heteroatoms. The summed E-state index contributed by atoms with van der Waals surface area (Å²) >= 11 is 3.33. The quantitative estimate of drug-likeness (QED) is 0.807. The van der Waals surface area contributed by atoms with E-state index in [9.17, 15) is 15.2 Å². The molecule has 0 amide bonds. The maximum Gasteiger partial charge on any atom is 0.281 e. The summed E-state index contributed by atoms with van der Waals surface area (Å²) < 4.78 is 2.07. The van der Waals surface area contributed by atoms with Gasteiger partial charge in [0.1, 0.15) is 11.6 Å². The molecule has 0 bridgehead atoms. The van der Waals surface area contributed by atoms with Crippen LogP contribution in [0.4, 0.5) is 11.4 Å². The first kappa shape index (κ1) is 16.9. The van der Waals surface area contributed by atoms with Crippen LogP contribution in [0.2, 0.25) is 0 Å². The lowest BCUT2D eigenvalue weighted by Gasteiger charge is -2.11.